The van der Waals surface area contributed by atoms with Gasteiger partial charge in [0.1, 0.15) is 11.9 Å². The summed E-state index contributed by atoms with van der Waals surface area (Å²) in [6.45, 7) is 1.87. The Morgan fingerprint density at radius 1 is 1.12 bits per heavy atom. The fraction of sp³-hybridized carbons (Fsp3) is 0.176. The van der Waals surface area contributed by atoms with Crippen LogP contribution in [0.3, 0.4) is 0 Å². The second-order valence-electron chi connectivity index (χ2n) is 5.43. The molecule has 0 saturated heterocycles. The molecule has 2 aromatic carbocycles. The van der Waals surface area contributed by atoms with Crippen molar-refractivity contribution in [1.29, 1.82) is 0 Å². The Kier molecular flexibility index (Phi) is 6.94. The fourth-order valence-electron chi connectivity index (χ4n) is 2.07. The molecule has 1 atom stereocenters. The zero-order valence-electron chi connectivity index (χ0n) is 13.6. The number of phenolic OH excluding ortho intramolecular Hbond substituents is 1. The maximum atomic E-state index is 12.4. The first-order chi connectivity index (χ1) is 12.2. The van der Waals surface area contributed by atoms with Crippen molar-refractivity contribution >= 4 is 63.7 Å². The Morgan fingerprint density at radius 2 is 1.81 bits per heavy atom. The van der Waals surface area contributed by atoms with E-state index >= 15 is 0 Å². The maximum absolute atomic E-state index is 12.4. The Bertz CT molecular complexity index is 812. The van der Waals surface area contributed by atoms with Crippen LogP contribution in [0.5, 0.6) is 5.75 Å². The highest BCUT2D eigenvalue weighted by atomic mass is 35.6. The highest BCUT2D eigenvalue weighted by molar-refractivity contribution is 7.80. The standard InChI is InChI=1S/C17H16Cl3N3O2S/c1-10-5-4-6-11(9-10)14(25)22-15(17(18,19)20)23-16(26)21-12-7-2-3-8-13(12)24/h2-9,15,24H,1H3,(H,22,25)(H2,21,23,26)/t15-/m1/s1. The zero-order valence-corrected chi connectivity index (χ0v) is 16.7. The van der Waals surface area contributed by atoms with Crippen LogP contribution in [0.15, 0.2) is 48.5 Å². The topological polar surface area (TPSA) is 73.4 Å². The lowest BCUT2D eigenvalue weighted by Crippen LogP contribution is -2.56. The van der Waals surface area contributed by atoms with Crippen molar-refractivity contribution in [3.8, 4) is 5.75 Å². The van der Waals surface area contributed by atoms with Crippen LogP contribution in [-0.4, -0.2) is 26.1 Å². The van der Waals surface area contributed by atoms with Crippen molar-refractivity contribution in [3.63, 3.8) is 0 Å². The molecule has 138 valence electrons. The highest BCUT2D eigenvalue weighted by Crippen LogP contribution is 2.29. The second-order valence-corrected chi connectivity index (χ2v) is 8.21. The number of alkyl halides is 3. The van der Waals surface area contributed by atoms with E-state index in [4.69, 9.17) is 47.0 Å². The summed E-state index contributed by atoms with van der Waals surface area (Å²) < 4.78 is -1.87. The van der Waals surface area contributed by atoms with E-state index in [1.165, 1.54) is 6.07 Å². The van der Waals surface area contributed by atoms with Gasteiger partial charge in [-0.05, 0) is 43.4 Å². The van der Waals surface area contributed by atoms with Crippen molar-refractivity contribution < 1.29 is 9.90 Å². The van der Waals surface area contributed by atoms with Gasteiger partial charge in [-0.1, -0.05) is 64.6 Å². The van der Waals surface area contributed by atoms with E-state index in [1.54, 1.807) is 36.4 Å². The molecule has 0 radical (unpaired) electrons. The van der Waals surface area contributed by atoms with Gasteiger partial charge in [0.05, 0.1) is 5.69 Å². The van der Waals surface area contributed by atoms with E-state index in [1.807, 2.05) is 13.0 Å². The number of hydrogen-bond donors (Lipinski definition) is 4. The number of phenols is 1. The van der Waals surface area contributed by atoms with E-state index in [9.17, 15) is 9.90 Å². The third-order valence-electron chi connectivity index (χ3n) is 3.31. The first kappa shape index (κ1) is 20.6. The average Bonchev–Trinajstić information content (AvgIpc) is 2.55. The van der Waals surface area contributed by atoms with Crippen molar-refractivity contribution in [2.75, 3.05) is 5.32 Å². The van der Waals surface area contributed by atoms with Crippen LogP contribution < -0.4 is 16.0 Å². The Balaban J connectivity index is 2.09. The lowest BCUT2D eigenvalue weighted by Gasteiger charge is -2.28. The number of benzene rings is 2. The lowest BCUT2D eigenvalue weighted by molar-refractivity contribution is 0.0934. The van der Waals surface area contributed by atoms with Gasteiger partial charge in [0, 0.05) is 5.56 Å². The Morgan fingerprint density at radius 3 is 2.42 bits per heavy atom. The summed E-state index contributed by atoms with van der Waals surface area (Å²) in [5, 5.41) is 17.9. The zero-order chi connectivity index (χ0) is 19.3. The van der Waals surface area contributed by atoms with Gasteiger partial charge in [-0.15, -0.1) is 0 Å². The third kappa shape index (κ3) is 5.92. The summed E-state index contributed by atoms with van der Waals surface area (Å²) in [6, 6.07) is 13.5. The first-order valence-corrected chi connectivity index (χ1v) is 9.01. The van der Waals surface area contributed by atoms with Gasteiger partial charge in [-0.25, -0.2) is 0 Å². The summed E-state index contributed by atoms with van der Waals surface area (Å²) >= 11 is 23.0. The number of para-hydroxylation sites is 2. The van der Waals surface area contributed by atoms with Crippen LogP contribution in [0.1, 0.15) is 15.9 Å². The first-order valence-electron chi connectivity index (χ1n) is 7.46. The number of carbonyl (C=O) groups is 1. The molecular weight excluding hydrogens is 417 g/mol. The minimum absolute atomic E-state index is 0.00544. The molecule has 0 saturated carbocycles. The van der Waals surface area contributed by atoms with Crippen molar-refractivity contribution in [3.05, 3.63) is 59.7 Å². The number of thiocarbonyl (C=S) groups is 1. The van der Waals surface area contributed by atoms with E-state index in [0.29, 0.717) is 11.3 Å². The van der Waals surface area contributed by atoms with Gasteiger partial charge >= 0.3 is 0 Å². The molecule has 0 aliphatic rings. The number of rotatable bonds is 4. The molecule has 0 aliphatic heterocycles. The van der Waals surface area contributed by atoms with Crippen LogP contribution in [0.4, 0.5) is 5.69 Å². The second kappa shape index (κ2) is 8.77. The molecule has 1 amide bonds. The minimum Gasteiger partial charge on any atom is -0.506 e. The molecule has 5 nitrogen and oxygen atoms in total. The average molecular weight is 433 g/mol. The van der Waals surface area contributed by atoms with E-state index in [0.717, 1.165) is 5.56 Å². The SMILES string of the molecule is Cc1cccc(C(=O)N[C@H](NC(=S)Nc2ccccc2O)C(Cl)(Cl)Cl)c1. The normalized spacial score (nSPS) is 12.2. The van der Waals surface area contributed by atoms with Gasteiger partial charge < -0.3 is 21.1 Å². The molecule has 0 aliphatic carbocycles. The summed E-state index contributed by atoms with van der Waals surface area (Å²) in [4.78, 5) is 12.4. The van der Waals surface area contributed by atoms with Crippen molar-refractivity contribution in [1.82, 2.24) is 10.6 Å². The number of aryl methyl sites for hydroxylation is 1. The monoisotopic (exact) mass is 431 g/mol. The molecule has 9 heteroatoms. The van der Waals surface area contributed by atoms with Crippen LogP contribution >= 0.6 is 47.0 Å². The lowest BCUT2D eigenvalue weighted by atomic mass is 10.1. The van der Waals surface area contributed by atoms with Crippen LogP contribution in [0.25, 0.3) is 0 Å². The largest absolute Gasteiger partial charge is 0.506 e. The predicted octanol–water partition coefficient (Wildman–Crippen LogP) is 4.11. The molecule has 2 rings (SSSR count). The molecule has 26 heavy (non-hydrogen) atoms. The Hall–Kier alpha value is -1.73. The number of carbonyl (C=O) groups excluding carboxylic acids is 1. The molecule has 0 bridgehead atoms. The summed E-state index contributed by atoms with van der Waals surface area (Å²) in [6.07, 6.45) is -1.11. The summed E-state index contributed by atoms with van der Waals surface area (Å²) in [7, 11) is 0. The molecular formula is C17H16Cl3N3O2S. The molecule has 4 N–H and O–H groups in total. The van der Waals surface area contributed by atoms with Crippen molar-refractivity contribution in [2.24, 2.45) is 0 Å². The van der Waals surface area contributed by atoms with Crippen LogP contribution in [-0.2, 0) is 0 Å². The van der Waals surface area contributed by atoms with Gasteiger partial charge in [-0.3, -0.25) is 4.79 Å². The minimum atomic E-state index is -1.87. The van der Waals surface area contributed by atoms with Crippen LogP contribution in [0, 0.1) is 6.92 Å². The number of nitrogens with one attached hydrogen (secondary N) is 3. The van der Waals surface area contributed by atoms with Crippen LogP contribution in [0.2, 0.25) is 0 Å². The summed E-state index contributed by atoms with van der Waals surface area (Å²) in [5.74, 6) is -0.422. The number of aromatic hydroxyl groups is 1. The number of amides is 1. The third-order valence-corrected chi connectivity index (χ3v) is 4.19. The molecule has 0 unspecified atom stereocenters. The van der Waals surface area contributed by atoms with Gasteiger partial charge in [0.2, 0.25) is 3.79 Å². The molecule has 0 aromatic heterocycles. The number of hydrogen-bond acceptors (Lipinski definition) is 3. The van der Waals surface area contributed by atoms with Gasteiger partial charge in [0.25, 0.3) is 5.91 Å². The summed E-state index contributed by atoms with van der Waals surface area (Å²) in [5.41, 5.74) is 1.72. The van der Waals surface area contributed by atoms with Gasteiger partial charge in [0.15, 0.2) is 5.11 Å². The molecule has 0 fully saturated rings. The van der Waals surface area contributed by atoms with Crippen molar-refractivity contribution in [2.45, 2.75) is 16.9 Å². The van der Waals surface area contributed by atoms with E-state index in [-0.39, 0.29) is 10.9 Å². The highest BCUT2D eigenvalue weighted by Gasteiger charge is 2.35. The smallest absolute Gasteiger partial charge is 0.252 e. The molecule has 0 spiro atoms. The number of anilines is 1. The predicted molar refractivity (Wildman–Crippen MR) is 110 cm³/mol. The number of halogens is 3. The maximum Gasteiger partial charge on any atom is 0.252 e. The fourth-order valence-corrected chi connectivity index (χ4v) is 2.62. The molecule has 0 heterocycles. The quantitative estimate of drug-likeness (QED) is 0.253. The Labute approximate surface area is 171 Å². The molecule has 2 aromatic rings. The van der Waals surface area contributed by atoms with E-state index in [2.05, 4.69) is 16.0 Å². The van der Waals surface area contributed by atoms with E-state index < -0.39 is 15.9 Å². The van der Waals surface area contributed by atoms with Gasteiger partial charge in [-0.2, -0.15) is 0 Å².